The number of hydrogen-bond donors (Lipinski definition) is 1. The van der Waals surface area contributed by atoms with E-state index in [1.54, 1.807) is 6.07 Å². The molecule has 0 fully saturated rings. The van der Waals surface area contributed by atoms with Gasteiger partial charge >= 0.3 is 0 Å². The van der Waals surface area contributed by atoms with Crippen LogP contribution in [0.1, 0.15) is 0 Å². The molecule has 0 unspecified atom stereocenters. The number of benzene rings is 1. The van der Waals surface area contributed by atoms with Gasteiger partial charge in [0.1, 0.15) is 0 Å². The topological polar surface area (TPSA) is 41.6 Å². The SMILES string of the molecule is Clc1ccc(-c2cccc3cc[nH]c23)nn1. The Morgan fingerprint density at radius 1 is 1.00 bits per heavy atom. The Kier molecular flexibility index (Phi) is 2.11. The van der Waals surface area contributed by atoms with Gasteiger partial charge in [0.25, 0.3) is 0 Å². The largest absolute Gasteiger partial charge is 0.361 e. The number of nitrogens with one attached hydrogen (secondary N) is 1. The van der Waals surface area contributed by atoms with Crippen molar-refractivity contribution in [2.24, 2.45) is 0 Å². The molecule has 2 heterocycles. The fraction of sp³-hybridized carbons (Fsp3) is 0. The molecule has 16 heavy (non-hydrogen) atoms. The molecule has 0 amide bonds. The number of halogens is 1. The highest BCUT2D eigenvalue weighted by molar-refractivity contribution is 6.29. The second-order valence-electron chi connectivity index (χ2n) is 3.49. The summed E-state index contributed by atoms with van der Waals surface area (Å²) < 4.78 is 0. The minimum Gasteiger partial charge on any atom is -0.361 e. The van der Waals surface area contributed by atoms with Crippen LogP contribution in [0.2, 0.25) is 5.15 Å². The van der Waals surface area contributed by atoms with Gasteiger partial charge in [-0.15, -0.1) is 10.2 Å². The number of hydrogen-bond acceptors (Lipinski definition) is 2. The van der Waals surface area contributed by atoms with E-state index in [9.17, 15) is 0 Å². The van der Waals surface area contributed by atoms with Crippen LogP contribution in [0, 0.1) is 0 Å². The smallest absolute Gasteiger partial charge is 0.151 e. The van der Waals surface area contributed by atoms with Gasteiger partial charge < -0.3 is 4.98 Å². The Labute approximate surface area is 97.1 Å². The first kappa shape index (κ1) is 9.36. The molecule has 0 aliphatic rings. The quantitative estimate of drug-likeness (QED) is 0.696. The summed E-state index contributed by atoms with van der Waals surface area (Å²) in [5.74, 6) is 0. The highest BCUT2D eigenvalue weighted by Crippen LogP contribution is 2.25. The van der Waals surface area contributed by atoms with Gasteiger partial charge in [-0.05, 0) is 18.2 Å². The van der Waals surface area contributed by atoms with Crippen molar-refractivity contribution >= 4 is 22.5 Å². The summed E-state index contributed by atoms with van der Waals surface area (Å²) in [4.78, 5) is 3.20. The monoisotopic (exact) mass is 229 g/mol. The number of fused-ring (bicyclic) bond motifs is 1. The summed E-state index contributed by atoms with van der Waals surface area (Å²) >= 11 is 5.71. The third-order valence-corrected chi connectivity index (χ3v) is 2.70. The molecule has 0 radical (unpaired) electrons. The first-order chi connectivity index (χ1) is 7.84. The van der Waals surface area contributed by atoms with Gasteiger partial charge in [-0.2, -0.15) is 0 Å². The van der Waals surface area contributed by atoms with E-state index in [-0.39, 0.29) is 0 Å². The molecule has 0 atom stereocenters. The Hall–Kier alpha value is -1.87. The fourth-order valence-corrected chi connectivity index (χ4v) is 1.86. The number of rotatable bonds is 1. The van der Waals surface area contributed by atoms with Crippen LogP contribution in [0.3, 0.4) is 0 Å². The average Bonchev–Trinajstić information content (AvgIpc) is 2.78. The van der Waals surface area contributed by atoms with Crippen LogP contribution in [0.15, 0.2) is 42.6 Å². The van der Waals surface area contributed by atoms with Crippen LogP contribution >= 0.6 is 11.6 Å². The van der Waals surface area contributed by atoms with Gasteiger partial charge in [-0.25, -0.2) is 0 Å². The lowest BCUT2D eigenvalue weighted by Crippen LogP contribution is -1.88. The molecule has 2 aromatic heterocycles. The van der Waals surface area contributed by atoms with Crippen molar-refractivity contribution in [2.45, 2.75) is 0 Å². The third kappa shape index (κ3) is 1.46. The number of nitrogens with zero attached hydrogens (tertiary/aromatic N) is 2. The van der Waals surface area contributed by atoms with Gasteiger partial charge in [0.15, 0.2) is 5.15 Å². The molecule has 1 aromatic carbocycles. The second kappa shape index (κ2) is 3.61. The van der Waals surface area contributed by atoms with Gasteiger partial charge in [0, 0.05) is 17.1 Å². The highest BCUT2D eigenvalue weighted by atomic mass is 35.5. The molecule has 0 aliphatic heterocycles. The lowest BCUT2D eigenvalue weighted by atomic mass is 10.1. The van der Waals surface area contributed by atoms with Crippen LogP contribution in [0.4, 0.5) is 0 Å². The Morgan fingerprint density at radius 3 is 2.75 bits per heavy atom. The van der Waals surface area contributed by atoms with Crippen LogP contribution in [0.25, 0.3) is 22.2 Å². The maximum Gasteiger partial charge on any atom is 0.151 e. The summed E-state index contributed by atoms with van der Waals surface area (Å²) in [5, 5.41) is 9.49. The van der Waals surface area contributed by atoms with Crippen LogP contribution < -0.4 is 0 Å². The normalized spacial score (nSPS) is 10.8. The summed E-state index contributed by atoms with van der Waals surface area (Å²) in [7, 11) is 0. The fourth-order valence-electron chi connectivity index (χ4n) is 1.76. The lowest BCUT2D eigenvalue weighted by Gasteiger charge is -2.01. The maximum absolute atomic E-state index is 5.71. The molecule has 0 spiro atoms. The van der Waals surface area contributed by atoms with Crippen LogP contribution in [-0.4, -0.2) is 15.2 Å². The standard InChI is InChI=1S/C12H8ClN3/c13-11-5-4-10(15-16-11)9-3-1-2-8-6-7-14-12(8)9/h1-7,14H. The van der Waals surface area contributed by atoms with Crippen molar-refractivity contribution < 1.29 is 0 Å². The zero-order valence-corrected chi connectivity index (χ0v) is 9.07. The van der Waals surface area contributed by atoms with Crippen LogP contribution in [-0.2, 0) is 0 Å². The van der Waals surface area contributed by atoms with Gasteiger partial charge in [0.05, 0.1) is 11.2 Å². The zero-order chi connectivity index (χ0) is 11.0. The molecule has 0 aliphatic carbocycles. The summed E-state index contributed by atoms with van der Waals surface area (Å²) in [5.41, 5.74) is 2.92. The number of aromatic nitrogens is 3. The molecular weight excluding hydrogens is 222 g/mol. The Morgan fingerprint density at radius 2 is 1.94 bits per heavy atom. The van der Waals surface area contributed by atoms with Gasteiger partial charge in [0.2, 0.25) is 0 Å². The maximum atomic E-state index is 5.71. The predicted molar refractivity (Wildman–Crippen MR) is 64.3 cm³/mol. The lowest BCUT2D eigenvalue weighted by molar-refractivity contribution is 1.04. The molecule has 0 saturated carbocycles. The van der Waals surface area contributed by atoms with Crippen molar-refractivity contribution in [1.82, 2.24) is 15.2 Å². The van der Waals surface area contributed by atoms with Crippen LogP contribution in [0.5, 0.6) is 0 Å². The summed E-state index contributed by atoms with van der Waals surface area (Å²) in [6.45, 7) is 0. The van der Waals surface area contributed by atoms with E-state index in [0.717, 1.165) is 22.2 Å². The summed E-state index contributed by atoms with van der Waals surface area (Å²) in [6, 6.07) is 11.7. The van der Waals surface area contributed by atoms with E-state index in [4.69, 9.17) is 11.6 Å². The molecule has 78 valence electrons. The van der Waals surface area contributed by atoms with E-state index < -0.39 is 0 Å². The summed E-state index contributed by atoms with van der Waals surface area (Å²) in [6.07, 6.45) is 1.91. The predicted octanol–water partition coefficient (Wildman–Crippen LogP) is 3.28. The van der Waals surface area contributed by atoms with E-state index in [2.05, 4.69) is 21.2 Å². The molecule has 1 N–H and O–H groups in total. The Balaban J connectivity index is 2.25. The number of aromatic amines is 1. The van der Waals surface area contributed by atoms with Gasteiger partial charge in [-0.1, -0.05) is 29.8 Å². The minimum absolute atomic E-state index is 0.405. The van der Waals surface area contributed by atoms with Crippen molar-refractivity contribution in [1.29, 1.82) is 0 Å². The van der Waals surface area contributed by atoms with E-state index in [0.29, 0.717) is 5.15 Å². The Bertz CT molecular complexity index is 628. The molecular formula is C12H8ClN3. The van der Waals surface area contributed by atoms with E-state index in [1.165, 1.54) is 0 Å². The average molecular weight is 230 g/mol. The molecule has 0 saturated heterocycles. The van der Waals surface area contributed by atoms with Crippen molar-refractivity contribution in [3.05, 3.63) is 47.7 Å². The minimum atomic E-state index is 0.405. The molecule has 3 aromatic rings. The van der Waals surface area contributed by atoms with E-state index in [1.807, 2.05) is 30.5 Å². The molecule has 4 heteroatoms. The first-order valence-electron chi connectivity index (χ1n) is 4.90. The third-order valence-electron chi connectivity index (χ3n) is 2.50. The molecule has 3 rings (SSSR count). The highest BCUT2D eigenvalue weighted by Gasteiger charge is 2.05. The molecule has 0 bridgehead atoms. The van der Waals surface area contributed by atoms with Crippen molar-refractivity contribution in [3.63, 3.8) is 0 Å². The van der Waals surface area contributed by atoms with E-state index >= 15 is 0 Å². The molecule has 3 nitrogen and oxygen atoms in total. The van der Waals surface area contributed by atoms with Crippen molar-refractivity contribution in [3.8, 4) is 11.3 Å². The zero-order valence-electron chi connectivity index (χ0n) is 8.31. The van der Waals surface area contributed by atoms with Gasteiger partial charge in [-0.3, -0.25) is 0 Å². The number of para-hydroxylation sites is 1. The number of H-pyrrole nitrogens is 1. The van der Waals surface area contributed by atoms with Crippen molar-refractivity contribution in [2.75, 3.05) is 0 Å². The second-order valence-corrected chi connectivity index (χ2v) is 3.88. The first-order valence-corrected chi connectivity index (χ1v) is 5.28.